The molecule has 2 N–H and O–H groups in total. The van der Waals surface area contributed by atoms with Gasteiger partial charge < -0.3 is 15.2 Å². The molecule has 1 aromatic rings. The highest BCUT2D eigenvalue weighted by Crippen LogP contribution is 2.35. The van der Waals surface area contributed by atoms with E-state index in [4.69, 9.17) is 15.2 Å². The number of methoxy groups -OCH3 is 2. The highest BCUT2D eigenvalue weighted by atomic mass is 19.1. The largest absolute Gasteiger partial charge is 0.494 e. The summed E-state index contributed by atoms with van der Waals surface area (Å²) in [5.74, 6) is 0.494. The Kier molecular flexibility index (Phi) is 4.19. The third-order valence-corrected chi connectivity index (χ3v) is 3.47. The van der Waals surface area contributed by atoms with Crippen LogP contribution in [0.15, 0.2) is 18.2 Å². The molecule has 0 amide bonds. The van der Waals surface area contributed by atoms with Gasteiger partial charge in [-0.05, 0) is 42.9 Å². The summed E-state index contributed by atoms with van der Waals surface area (Å²) in [6.07, 6.45) is 3.07. The van der Waals surface area contributed by atoms with E-state index in [1.165, 1.54) is 26.0 Å². The van der Waals surface area contributed by atoms with Crippen LogP contribution in [0.2, 0.25) is 0 Å². The highest BCUT2D eigenvalue weighted by Gasteiger charge is 2.35. The van der Waals surface area contributed by atoms with Crippen LogP contribution in [-0.4, -0.2) is 26.4 Å². The minimum absolute atomic E-state index is 0.0789. The van der Waals surface area contributed by atoms with Crippen molar-refractivity contribution in [2.45, 2.75) is 31.4 Å². The van der Waals surface area contributed by atoms with E-state index >= 15 is 0 Å². The van der Waals surface area contributed by atoms with Crippen molar-refractivity contribution < 1.29 is 13.9 Å². The van der Waals surface area contributed by atoms with Crippen LogP contribution in [0.1, 0.15) is 18.4 Å². The molecule has 2 rings (SSSR count). The number of hydrogen-bond donors (Lipinski definition) is 1. The van der Waals surface area contributed by atoms with Gasteiger partial charge in [-0.1, -0.05) is 6.07 Å². The fourth-order valence-corrected chi connectivity index (χ4v) is 2.37. The van der Waals surface area contributed by atoms with E-state index in [2.05, 4.69) is 0 Å². The van der Waals surface area contributed by atoms with Gasteiger partial charge in [0, 0.05) is 13.2 Å². The molecule has 4 heteroatoms. The van der Waals surface area contributed by atoms with Gasteiger partial charge in [-0.3, -0.25) is 0 Å². The third kappa shape index (κ3) is 3.00. The zero-order valence-electron chi connectivity index (χ0n) is 10.9. The van der Waals surface area contributed by atoms with Crippen LogP contribution in [0.25, 0.3) is 0 Å². The number of benzene rings is 1. The van der Waals surface area contributed by atoms with E-state index in [0.29, 0.717) is 12.3 Å². The Morgan fingerprint density at radius 1 is 1.39 bits per heavy atom. The molecule has 1 fully saturated rings. The van der Waals surface area contributed by atoms with Gasteiger partial charge in [-0.15, -0.1) is 0 Å². The second kappa shape index (κ2) is 5.67. The highest BCUT2D eigenvalue weighted by molar-refractivity contribution is 5.29. The quantitative estimate of drug-likeness (QED) is 0.844. The standard InChI is InChI=1S/C14H20FNO2/c1-17-13-6-3-9(7-11(13)15)8-12(16)14(18-2)10-4-5-10/h3,6-7,10,12,14H,4-5,8,16H2,1-2H3. The van der Waals surface area contributed by atoms with Crippen molar-refractivity contribution in [2.75, 3.05) is 14.2 Å². The van der Waals surface area contributed by atoms with Crippen LogP contribution in [0.3, 0.4) is 0 Å². The molecule has 0 aliphatic heterocycles. The molecule has 0 aromatic heterocycles. The van der Waals surface area contributed by atoms with Crippen molar-refractivity contribution >= 4 is 0 Å². The number of nitrogens with two attached hydrogens (primary N) is 1. The van der Waals surface area contributed by atoms with Crippen molar-refractivity contribution in [1.29, 1.82) is 0 Å². The van der Waals surface area contributed by atoms with Gasteiger partial charge in [0.15, 0.2) is 11.6 Å². The van der Waals surface area contributed by atoms with Crippen molar-refractivity contribution in [3.63, 3.8) is 0 Å². The molecular formula is C14H20FNO2. The molecule has 2 unspecified atom stereocenters. The smallest absolute Gasteiger partial charge is 0.165 e. The Hall–Kier alpha value is -1.13. The zero-order valence-corrected chi connectivity index (χ0v) is 10.9. The van der Waals surface area contributed by atoms with Crippen LogP contribution in [0, 0.1) is 11.7 Å². The summed E-state index contributed by atoms with van der Waals surface area (Å²) in [6.45, 7) is 0. The molecule has 18 heavy (non-hydrogen) atoms. The first kappa shape index (κ1) is 13.3. The Morgan fingerprint density at radius 2 is 2.11 bits per heavy atom. The van der Waals surface area contributed by atoms with Crippen LogP contribution < -0.4 is 10.5 Å². The van der Waals surface area contributed by atoms with Gasteiger partial charge in [0.25, 0.3) is 0 Å². The molecule has 1 aromatic carbocycles. The normalized spacial score (nSPS) is 18.4. The number of ether oxygens (including phenoxy) is 2. The first-order valence-electron chi connectivity index (χ1n) is 6.26. The first-order chi connectivity index (χ1) is 8.65. The minimum Gasteiger partial charge on any atom is -0.494 e. The molecule has 2 atom stereocenters. The summed E-state index contributed by atoms with van der Waals surface area (Å²) < 4.78 is 23.9. The molecule has 0 heterocycles. The Balaban J connectivity index is 2.01. The molecule has 3 nitrogen and oxygen atoms in total. The summed E-state index contributed by atoms with van der Waals surface area (Å²) >= 11 is 0. The van der Waals surface area contributed by atoms with E-state index in [-0.39, 0.29) is 23.7 Å². The van der Waals surface area contributed by atoms with Gasteiger partial charge >= 0.3 is 0 Å². The molecule has 0 bridgehead atoms. The van der Waals surface area contributed by atoms with Crippen molar-refractivity contribution in [2.24, 2.45) is 11.7 Å². The summed E-state index contributed by atoms with van der Waals surface area (Å²) in [5.41, 5.74) is 7.02. The van der Waals surface area contributed by atoms with Gasteiger partial charge in [0.05, 0.1) is 13.2 Å². The van der Waals surface area contributed by atoms with Crippen LogP contribution in [0.4, 0.5) is 4.39 Å². The second-order valence-corrected chi connectivity index (χ2v) is 4.87. The second-order valence-electron chi connectivity index (χ2n) is 4.87. The van der Waals surface area contributed by atoms with Gasteiger partial charge in [0.2, 0.25) is 0 Å². The maximum Gasteiger partial charge on any atom is 0.165 e. The molecule has 1 aliphatic carbocycles. The summed E-state index contributed by atoms with van der Waals surface area (Å²) in [4.78, 5) is 0. The molecule has 0 radical (unpaired) electrons. The van der Waals surface area contributed by atoms with E-state index in [0.717, 1.165) is 5.56 Å². The monoisotopic (exact) mass is 253 g/mol. The fourth-order valence-electron chi connectivity index (χ4n) is 2.37. The van der Waals surface area contributed by atoms with Crippen LogP contribution in [0.5, 0.6) is 5.75 Å². The molecule has 0 saturated heterocycles. The average molecular weight is 253 g/mol. The number of halogens is 1. The maximum absolute atomic E-state index is 13.6. The fraction of sp³-hybridized carbons (Fsp3) is 0.571. The first-order valence-corrected chi connectivity index (χ1v) is 6.26. The summed E-state index contributed by atoms with van der Waals surface area (Å²) in [7, 11) is 3.15. The zero-order chi connectivity index (χ0) is 13.1. The van der Waals surface area contributed by atoms with Crippen LogP contribution in [-0.2, 0) is 11.2 Å². The van der Waals surface area contributed by atoms with Gasteiger partial charge in [-0.2, -0.15) is 0 Å². The number of hydrogen-bond acceptors (Lipinski definition) is 3. The lowest BCUT2D eigenvalue weighted by Crippen LogP contribution is -2.39. The maximum atomic E-state index is 13.6. The topological polar surface area (TPSA) is 44.5 Å². The summed E-state index contributed by atoms with van der Waals surface area (Å²) in [6, 6.07) is 4.88. The van der Waals surface area contributed by atoms with Crippen molar-refractivity contribution in [3.05, 3.63) is 29.6 Å². The van der Waals surface area contributed by atoms with Gasteiger partial charge in [-0.25, -0.2) is 4.39 Å². The predicted molar refractivity (Wildman–Crippen MR) is 68.2 cm³/mol. The Morgan fingerprint density at radius 3 is 2.61 bits per heavy atom. The lowest BCUT2D eigenvalue weighted by molar-refractivity contribution is 0.0626. The Labute approximate surface area is 107 Å². The van der Waals surface area contributed by atoms with Crippen molar-refractivity contribution in [3.8, 4) is 5.75 Å². The molecule has 1 saturated carbocycles. The molecular weight excluding hydrogens is 233 g/mol. The Bertz CT molecular complexity index is 407. The van der Waals surface area contributed by atoms with E-state index in [1.54, 1.807) is 13.2 Å². The lowest BCUT2D eigenvalue weighted by Gasteiger charge is -2.22. The van der Waals surface area contributed by atoms with E-state index < -0.39 is 0 Å². The molecule has 1 aliphatic rings. The molecule has 0 spiro atoms. The minimum atomic E-state index is -0.345. The van der Waals surface area contributed by atoms with E-state index in [9.17, 15) is 4.39 Å². The van der Waals surface area contributed by atoms with Crippen LogP contribution >= 0.6 is 0 Å². The summed E-state index contributed by atoms with van der Waals surface area (Å²) in [5, 5.41) is 0. The van der Waals surface area contributed by atoms with Gasteiger partial charge in [0.1, 0.15) is 0 Å². The third-order valence-electron chi connectivity index (χ3n) is 3.47. The van der Waals surface area contributed by atoms with Crippen molar-refractivity contribution in [1.82, 2.24) is 0 Å². The number of rotatable bonds is 6. The molecule has 100 valence electrons. The van der Waals surface area contributed by atoms with E-state index in [1.807, 2.05) is 6.07 Å². The predicted octanol–water partition coefficient (Wildman–Crippen LogP) is 2.13. The SMILES string of the molecule is COc1ccc(CC(N)C(OC)C2CC2)cc1F. The average Bonchev–Trinajstić information content (AvgIpc) is 3.15. The lowest BCUT2D eigenvalue weighted by atomic mass is 9.99.